The lowest BCUT2D eigenvalue weighted by atomic mass is 10.0. The molecule has 2 amide bonds. The first kappa shape index (κ1) is 20.7. The molecule has 1 aliphatic rings. The molecular formula is C19H18ClF2N5O2S. The Morgan fingerprint density at radius 2 is 2.17 bits per heavy atom. The molecule has 0 aromatic carbocycles. The average molecular weight is 454 g/mol. The van der Waals surface area contributed by atoms with Crippen molar-refractivity contribution in [1.29, 1.82) is 0 Å². The number of aromatic nitrogens is 3. The van der Waals surface area contributed by atoms with Crippen LogP contribution in [0.4, 0.5) is 14.5 Å². The van der Waals surface area contributed by atoms with Crippen LogP contribution < -0.4 is 11.1 Å². The van der Waals surface area contributed by atoms with Crippen LogP contribution in [0.5, 0.6) is 0 Å². The number of nitrogens with zero attached hydrogens (tertiary/aromatic N) is 3. The maximum atomic E-state index is 13.3. The van der Waals surface area contributed by atoms with Gasteiger partial charge in [-0.2, -0.15) is 5.10 Å². The third-order valence-electron chi connectivity index (χ3n) is 5.00. The smallest absolute Gasteiger partial charge is 0.280 e. The molecule has 0 radical (unpaired) electrons. The normalized spacial score (nSPS) is 15.0. The number of primary amides is 1. The molecule has 11 heteroatoms. The fourth-order valence-corrected chi connectivity index (χ4v) is 4.62. The molecule has 1 fully saturated rings. The van der Waals surface area contributed by atoms with Crippen molar-refractivity contribution in [1.82, 2.24) is 14.8 Å². The van der Waals surface area contributed by atoms with E-state index in [0.29, 0.717) is 22.4 Å². The van der Waals surface area contributed by atoms with Gasteiger partial charge in [0.25, 0.3) is 12.3 Å². The Balaban J connectivity index is 1.81. The van der Waals surface area contributed by atoms with Gasteiger partial charge in [-0.25, -0.2) is 13.8 Å². The Morgan fingerprint density at radius 1 is 1.43 bits per heavy atom. The summed E-state index contributed by atoms with van der Waals surface area (Å²) < 4.78 is 28.1. The van der Waals surface area contributed by atoms with Gasteiger partial charge in [0.05, 0.1) is 16.9 Å². The van der Waals surface area contributed by atoms with E-state index >= 15 is 0 Å². The molecule has 3 heterocycles. The van der Waals surface area contributed by atoms with Gasteiger partial charge in [0.15, 0.2) is 0 Å². The highest BCUT2D eigenvalue weighted by Gasteiger charge is 2.32. The lowest BCUT2D eigenvalue weighted by Gasteiger charge is -2.16. The van der Waals surface area contributed by atoms with Crippen molar-refractivity contribution in [2.24, 2.45) is 5.73 Å². The van der Waals surface area contributed by atoms with Gasteiger partial charge in [0, 0.05) is 11.6 Å². The van der Waals surface area contributed by atoms with E-state index in [2.05, 4.69) is 15.4 Å². The average Bonchev–Trinajstić information content (AvgIpc) is 3.36. The molecule has 3 aromatic rings. The number of fused-ring (bicyclic) bond motifs is 1. The van der Waals surface area contributed by atoms with Crippen molar-refractivity contribution < 1.29 is 18.4 Å². The molecular weight excluding hydrogens is 436 g/mol. The first-order valence-electron chi connectivity index (χ1n) is 9.35. The third-order valence-corrected chi connectivity index (χ3v) is 6.30. The second kappa shape index (κ2) is 7.92. The second-order valence-corrected chi connectivity index (χ2v) is 8.55. The minimum Gasteiger partial charge on any atom is -0.365 e. The standard InChI is InChI=1S/C19H18ClF2N5O2S/c1-2-12(27-7-9(20)6-24-27)18(29)26-14-13-10(8-3-4-8)5-11(16(21)22)25-19(13)30-15(14)17(23)28/h5-8,12,16H,2-4H2,1H3,(H2,23,28)(H,26,29). The van der Waals surface area contributed by atoms with E-state index in [1.54, 1.807) is 0 Å². The van der Waals surface area contributed by atoms with Gasteiger partial charge in [0.1, 0.15) is 21.4 Å². The van der Waals surface area contributed by atoms with Gasteiger partial charge in [-0.3, -0.25) is 14.3 Å². The lowest BCUT2D eigenvalue weighted by Crippen LogP contribution is -2.27. The molecule has 0 aliphatic heterocycles. The SMILES string of the molecule is CCC(C(=O)Nc1c(C(N)=O)sc2nc(C(F)F)cc(C3CC3)c12)n1cc(Cl)cn1. The predicted molar refractivity (Wildman–Crippen MR) is 110 cm³/mol. The van der Waals surface area contributed by atoms with E-state index in [9.17, 15) is 18.4 Å². The molecule has 3 N–H and O–H groups in total. The van der Waals surface area contributed by atoms with Crippen LogP contribution in [0, 0.1) is 0 Å². The first-order chi connectivity index (χ1) is 14.3. The molecule has 0 saturated heterocycles. The van der Waals surface area contributed by atoms with E-state index in [1.165, 1.54) is 23.1 Å². The summed E-state index contributed by atoms with van der Waals surface area (Å²) in [6.45, 7) is 1.81. The number of hydrogen-bond acceptors (Lipinski definition) is 5. The van der Waals surface area contributed by atoms with E-state index in [4.69, 9.17) is 17.3 Å². The number of nitrogens with two attached hydrogens (primary N) is 1. The van der Waals surface area contributed by atoms with Crippen molar-refractivity contribution in [3.05, 3.63) is 39.6 Å². The summed E-state index contributed by atoms with van der Waals surface area (Å²) in [6.07, 6.45) is 2.33. The Bertz CT molecular complexity index is 1140. The molecule has 0 spiro atoms. The summed E-state index contributed by atoms with van der Waals surface area (Å²) in [5.41, 5.74) is 6.05. The van der Waals surface area contributed by atoms with Crippen LogP contribution >= 0.6 is 22.9 Å². The van der Waals surface area contributed by atoms with Crippen LogP contribution in [0.1, 0.15) is 65.5 Å². The second-order valence-electron chi connectivity index (χ2n) is 7.11. The fraction of sp³-hybridized carbons (Fsp3) is 0.368. The van der Waals surface area contributed by atoms with Gasteiger partial charge < -0.3 is 11.1 Å². The number of halogens is 3. The van der Waals surface area contributed by atoms with Crippen molar-refractivity contribution >= 4 is 50.7 Å². The van der Waals surface area contributed by atoms with Crippen LogP contribution in [0.3, 0.4) is 0 Å². The van der Waals surface area contributed by atoms with Gasteiger partial charge in [0.2, 0.25) is 5.91 Å². The highest BCUT2D eigenvalue weighted by molar-refractivity contribution is 7.21. The summed E-state index contributed by atoms with van der Waals surface area (Å²) in [4.78, 5) is 29.5. The summed E-state index contributed by atoms with van der Waals surface area (Å²) in [5, 5.41) is 7.76. The highest BCUT2D eigenvalue weighted by atomic mass is 35.5. The number of nitrogens with one attached hydrogen (secondary N) is 1. The molecule has 158 valence electrons. The van der Waals surface area contributed by atoms with Crippen LogP contribution in [-0.4, -0.2) is 26.6 Å². The molecule has 1 saturated carbocycles. The van der Waals surface area contributed by atoms with E-state index in [1.807, 2.05) is 6.92 Å². The minimum absolute atomic E-state index is 0.0764. The van der Waals surface area contributed by atoms with Crippen molar-refractivity contribution in [2.45, 2.75) is 44.6 Å². The van der Waals surface area contributed by atoms with Gasteiger partial charge in [-0.05, 0) is 36.8 Å². The van der Waals surface area contributed by atoms with E-state index in [0.717, 1.165) is 24.2 Å². The summed E-state index contributed by atoms with van der Waals surface area (Å²) in [5.74, 6) is -1.09. The van der Waals surface area contributed by atoms with Crippen LogP contribution in [0.15, 0.2) is 18.5 Å². The summed E-state index contributed by atoms with van der Waals surface area (Å²) in [6, 6.07) is 0.688. The molecule has 3 aromatic heterocycles. The number of carbonyl (C=O) groups is 2. The number of rotatable bonds is 7. The molecule has 1 atom stereocenters. The van der Waals surface area contributed by atoms with Crippen LogP contribution in [0.25, 0.3) is 10.2 Å². The lowest BCUT2D eigenvalue weighted by molar-refractivity contribution is -0.119. The van der Waals surface area contributed by atoms with E-state index in [-0.39, 0.29) is 27.0 Å². The fourth-order valence-electron chi connectivity index (χ4n) is 3.45. The number of hydrogen-bond donors (Lipinski definition) is 2. The van der Waals surface area contributed by atoms with Crippen LogP contribution in [-0.2, 0) is 4.79 Å². The van der Waals surface area contributed by atoms with Gasteiger partial charge in [-0.1, -0.05) is 18.5 Å². The number of carbonyl (C=O) groups excluding carboxylic acids is 2. The highest BCUT2D eigenvalue weighted by Crippen LogP contribution is 2.48. The molecule has 1 aliphatic carbocycles. The molecule has 1 unspecified atom stereocenters. The number of alkyl halides is 2. The zero-order valence-corrected chi connectivity index (χ0v) is 17.4. The van der Waals surface area contributed by atoms with Crippen molar-refractivity contribution in [3.63, 3.8) is 0 Å². The quantitative estimate of drug-likeness (QED) is 0.543. The Morgan fingerprint density at radius 3 is 2.70 bits per heavy atom. The molecule has 7 nitrogen and oxygen atoms in total. The topological polar surface area (TPSA) is 103 Å². The Hall–Kier alpha value is -2.59. The van der Waals surface area contributed by atoms with Crippen LogP contribution in [0.2, 0.25) is 5.02 Å². The minimum atomic E-state index is -2.74. The van der Waals surface area contributed by atoms with Crippen molar-refractivity contribution in [2.75, 3.05) is 5.32 Å². The third kappa shape index (κ3) is 3.77. The van der Waals surface area contributed by atoms with Gasteiger partial charge >= 0.3 is 0 Å². The molecule has 4 rings (SSSR count). The Kier molecular flexibility index (Phi) is 5.46. The van der Waals surface area contributed by atoms with Crippen molar-refractivity contribution in [3.8, 4) is 0 Å². The summed E-state index contributed by atoms with van der Waals surface area (Å²) >= 11 is 6.82. The Labute approximate surface area is 179 Å². The van der Waals surface area contributed by atoms with E-state index < -0.39 is 24.3 Å². The number of anilines is 1. The monoisotopic (exact) mass is 453 g/mol. The number of pyridine rings is 1. The first-order valence-corrected chi connectivity index (χ1v) is 10.5. The van der Waals surface area contributed by atoms with Gasteiger partial charge in [-0.15, -0.1) is 11.3 Å². The largest absolute Gasteiger partial charge is 0.365 e. The molecule has 0 bridgehead atoms. The molecule has 30 heavy (non-hydrogen) atoms. The predicted octanol–water partition coefficient (Wildman–Crippen LogP) is 4.65. The number of amides is 2. The maximum Gasteiger partial charge on any atom is 0.280 e. The zero-order chi connectivity index (χ0) is 21.6. The maximum absolute atomic E-state index is 13.3. The summed E-state index contributed by atoms with van der Waals surface area (Å²) in [7, 11) is 0. The zero-order valence-electron chi connectivity index (χ0n) is 15.9. The number of thiophene rings is 1.